The maximum absolute atomic E-state index is 2.88. The number of nitrogens with zero attached hydrogens (tertiary/aromatic N) is 2. The number of unbranched alkanes of at least 4 members (excludes halogenated alkanes) is 2. The number of piperidine rings is 2. The summed E-state index contributed by atoms with van der Waals surface area (Å²) in [4.78, 5) is 5.77. The third kappa shape index (κ3) is 5.53. The summed E-state index contributed by atoms with van der Waals surface area (Å²) in [5.74, 6) is 0. The Morgan fingerprint density at radius 1 is 0.591 bits per heavy atom. The summed E-state index contributed by atoms with van der Waals surface area (Å²) in [5, 5.41) is 0. The summed E-state index contributed by atoms with van der Waals surface area (Å²) in [6.45, 7) is 10.2. The highest BCUT2D eigenvalue weighted by Gasteiger charge is 2.32. The molecule has 0 saturated carbocycles. The third-order valence-electron chi connectivity index (χ3n) is 5.87. The minimum atomic E-state index is 0.838. The zero-order valence-corrected chi connectivity index (χ0v) is 15.4. The molecule has 0 N–H and O–H groups in total. The van der Waals surface area contributed by atoms with Crippen LogP contribution in [0.2, 0.25) is 0 Å². The molecule has 2 rings (SSSR count). The molecule has 2 aliphatic rings. The van der Waals surface area contributed by atoms with Crippen LogP contribution in [0.5, 0.6) is 0 Å². The van der Waals surface area contributed by atoms with Crippen LogP contribution in [0.1, 0.15) is 90.9 Å². The van der Waals surface area contributed by atoms with Crippen molar-refractivity contribution in [2.75, 3.05) is 26.2 Å². The minimum absolute atomic E-state index is 0.838. The van der Waals surface area contributed by atoms with E-state index in [4.69, 9.17) is 0 Å². The van der Waals surface area contributed by atoms with Crippen LogP contribution >= 0.6 is 0 Å². The molecule has 0 amide bonds. The molecular weight excluding hydrogens is 268 g/mol. The van der Waals surface area contributed by atoms with Crippen LogP contribution < -0.4 is 0 Å². The summed E-state index contributed by atoms with van der Waals surface area (Å²) in [6.07, 6.45) is 17.0. The van der Waals surface area contributed by atoms with Gasteiger partial charge in [-0.25, -0.2) is 0 Å². The van der Waals surface area contributed by atoms with Crippen LogP contribution in [-0.4, -0.2) is 48.1 Å². The number of likely N-dealkylation sites (tertiary alicyclic amines) is 2. The summed E-state index contributed by atoms with van der Waals surface area (Å²) in [5.41, 5.74) is 0. The van der Waals surface area contributed by atoms with Gasteiger partial charge in [-0.1, -0.05) is 52.4 Å². The van der Waals surface area contributed by atoms with Crippen molar-refractivity contribution < 1.29 is 0 Å². The van der Waals surface area contributed by atoms with Gasteiger partial charge in [0.15, 0.2) is 0 Å². The van der Waals surface area contributed by atoms with E-state index in [1.807, 2.05) is 0 Å². The fraction of sp³-hybridized carbons (Fsp3) is 1.00. The van der Waals surface area contributed by atoms with E-state index >= 15 is 0 Å². The molecule has 2 heterocycles. The maximum Gasteiger partial charge on any atom is 0.0251 e. The van der Waals surface area contributed by atoms with Gasteiger partial charge < -0.3 is 0 Å². The Morgan fingerprint density at radius 2 is 0.955 bits per heavy atom. The molecule has 0 aliphatic carbocycles. The first-order chi connectivity index (χ1) is 10.9. The van der Waals surface area contributed by atoms with E-state index in [2.05, 4.69) is 23.6 Å². The van der Waals surface area contributed by atoms with Crippen molar-refractivity contribution in [2.45, 2.75) is 103 Å². The lowest BCUT2D eigenvalue weighted by Crippen LogP contribution is -2.54. The standard InChI is InChI=1S/C20H40N2/c1-3-5-13-19(21-15-9-7-10-16-21)20(14-6-4-2)22-17-11-8-12-18-22/h19-20H,3-18H2,1-2H3/t19-,20+. The van der Waals surface area contributed by atoms with Crippen LogP contribution in [-0.2, 0) is 0 Å². The highest BCUT2D eigenvalue weighted by atomic mass is 15.2. The largest absolute Gasteiger partial charge is 0.299 e. The molecule has 2 heteroatoms. The van der Waals surface area contributed by atoms with Crippen LogP contribution in [0.4, 0.5) is 0 Å². The molecule has 0 aromatic rings. The van der Waals surface area contributed by atoms with Crippen molar-refractivity contribution >= 4 is 0 Å². The zero-order chi connectivity index (χ0) is 15.6. The zero-order valence-electron chi connectivity index (χ0n) is 15.4. The number of hydrogen-bond acceptors (Lipinski definition) is 2. The average Bonchev–Trinajstić information content (AvgIpc) is 2.59. The second kappa shape index (κ2) is 10.6. The summed E-state index contributed by atoms with van der Waals surface area (Å²) in [6, 6.07) is 1.68. The second-order valence-corrected chi connectivity index (χ2v) is 7.61. The lowest BCUT2D eigenvalue weighted by molar-refractivity contribution is 0.0423. The van der Waals surface area contributed by atoms with Crippen molar-refractivity contribution in [3.05, 3.63) is 0 Å². The van der Waals surface area contributed by atoms with Gasteiger partial charge in [-0.3, -0.25) is 9.80 Å². The minimum Gasteiger partial charge on any atom is -0.299 e. The van der Waals surface area contributed by atoms with Crippen LogP contribution in [0.25, 0.3) is 0 Å². The fourth-order valence-electron chi connectivity index (χ4n) is 4.56. The van der Waals surface area contributed by atoms with E-state index in [0.29, 0.717) is 0 Å². The normalized spacial score (nSPS) is 24.3. The van der Waals surface area contributed by atoms with E-state index in [1.165, 1.54) is 103 Å². The molecule has 0 unspecified atom stereocenters. The predicted octanol–water partition coefficient (Wildman–Crippen LogP) is 5.08. The fourth-order valence-corrected chi connectivity index (χ4v) is 4.56. The number of hydrogen-bond donors (Lipinski definition) is 0. The topological polar surface area (TPSA) is 6.48 Å². The molecule has 0 aromatic heterocycles. The van der Waals surface area contributed by atoms with Gasteiger partial charge in [-0.2, -0.15) is 0 Å². The highest BCUT2D eigenvalue weighted by Crippen LogP contribution is 2.27. The highest BCUT2D eigenvalue weighted by molar-refractivity contribution is 4.89. The van der Waals surface area contributed by atoms with Gasteiger partial charge >= 0.3 is 0 Å². The molecule has 2 aliphatic heterocycles. The molecule has 0 radical (unpaired) electrons. The molecule has 0 bridgehead atoms. The molecule has 2 fully saturated rings. The van der Waals surface area contributed by atoms with E-state index in [9.17, 15) is 0 Å². The molecule has 2 saturated heterocycles. The third-order valence-corrected chi connectivity index (χ3v) is 5.87. The van der Waals surface area contributed by atoms with E-state index in [0.717, 1.165) is 12.1 Å². The van der Waals surface area contributed by atoms with Gasteiger partial charge in [0, 0.05) is 12.1 Å². The van der Waals surface area contributed by atoms with Crippen LogP contribution in [0.15, 0.2) is 0 Å². The monoisotopic (exact) mass is 308 g/mol. The second-order valence-electron chi connectivity index (χ2n) is 7.61. The molecule has 0 aromatic carbocycles. The van der Waals surface area contributed by atoms with Gasteiger partial charge in [0.2, 0.25) is 0 Å². The van der Waals surface area contributed by atoms with Crippen LogP contribution in [0, 0.1) is 0 Å². The van der Waals surface area contributed by atoms with Gasteiger partial charge in [-0.15, -0.1) is 0 Å². The molecular formula is C20H40N2. The Morgan fingerprint density at radius 3 is 1.27 bits per heavy atom. The molecule has 0 spiro atoms. The van der Waals surface area contributed by atoms with Crippen molar-refractivity contribution in [1.82, 2.24) is 9.80 Å². The van der Waals surface area contributed by atoms with Gasteiger partial charge in [0.1, 0.15) is 0 Å². The Balaban J connectivity index is 2.05. The first-order valence-corrected chi connectivity index (χ1v) is 10.3. The molecule has 130 valence electrons. The van der Waals surface area contributed by atoms with E-state index in [-0.39, 0.29) is 0 Å². The Hall–Kier alpha value is -0.0800. The lowest BCUT2D eigenvalue weighted by Gasteiger charge is -2.45. The first-order valence-electron chi connectivity index (χ1n) is 10.3. The van der Waals surface area contributed by atoms with Gasteiger partial charge in [0.05, 0.1) is 0 Å². The quantitative estimate of drug-likeness (QED) is 0.586. The van der Waals surface area contributed by atoms with Gasteiger partial charge in [-0.05, 0) is 64.7 Å². The van der Waals surface area contributed by atoms with Crippen molar-refractivity contribution in [2.24, 2.45) is 0 Å². The Labute approximate surface area is 139 Å². The summed E-state index contributed by atoms with van der Waals surface area (Å²) in [7, 11) is 0. The average molecular weight is 309 g/mol. The van der Waals surface area contributed by atoms with Crippen LogP contribution in [0.3, 0.4) is 0 Å². The van der Waals surface area contributed by atoms with E-state index < -0.39 is 0 Å². The van der Waals surface area contributed by atoms with Crippen molar-refractivity contribution in [1.29, 1.82) is 0 Å². The molecule has 2 atom stereocenters. The van der Waals surface area contributed by atoms with Gasteiger partial charge in [0.25, 0.3) is 0 Å². The van der Waals surface area contributed by atoms with Crippen molar-refractivity contribution in [3.63, 3.8) is 0 Å². The predicted molar refractivity (Wildman–Crippen MR) is 97.5 cm³/mol. The lowest BCUT2D eigenvalue weighted by atomic mass is 9.91. The maximum atomic E-state index is 2.88. The smallest absolute Gasteiger partial charge is 0.0251 e. The number of rotatable bonds is 9. The van der Waals surface area contributed by atoms with Crippen molar-refractivity contribution in [3.8, 4) is 0 Å². The Kier molecular flexibility index (Phi) is 8.84. The first kappa shape index (κ1) is 18.3. The van der Waals surface area contributed by atoms with E-state index in [1.54, 1.807) is 0 Å². The molecule has 2 nitrogen and oxygen atoms in total. The SMILES string of the molecule is CCCC[C@H]([C@H](CCCC)N1CCCCC1)N1CCCCC1. The molecule has 22 heavy (non-hydrogen) atoms. The Bertz CT molecular complexity index is 239. The summed E-state index contributed by atoms with van der Waals surface area (Å²) >= 11 is 0. The summed E-state index contributed by atoms with van der Waals surface area (Å²) < 4.78 is 0.